The summed E-state index contributed by atoms with van der Waals surface area (Å²) in [6.45, 7) is 8.57. The summed E-state index contributed by atoms with van der Waals surface area (Å²) in [6, 6.07) is 5.88. The Morgan fingerprint density at radius 3 is 2.71 bits per heavy atom. The lowest BCUT2D eigenvalue weighted by Crippen LogP contribution is -2.48. The number of hydrogen-bond donors (Lipinski definition) is 1. The Balaban J connectivity index is 3.07. The number of carbonyl (C=O) groups excluding carboxylic acids is 1. The molecule has 0 aliphatic heterocycles. The third-order valence-corrected chi connectivity index (χ3v) is 3.52. The minimum atomic E-state index is -0.959. The standard InChI is InChI=1S/C15H22N4O2/c1-5-21-14(20)15(4,17-8-9-18-19-16)13-7-6-11(2)12(3)10-13/h6-7,10,17H,5,8-9H2,1-4H3. The molecule has 0 spiro atoms. The van der Waals surface area contributed by atoms with Crippen LogP contribution in [0.1, 0.15) is 30.5 Å². The number of azide groups is 1. The van der Waals surface area contributed by atoms with Gasteiger partial charge >= 0.3 is 5.97 Å². The average Bonchev–Trinajstić information content (AvgIpc) is 2.46. The van der Waals surface area contributed by atoms with E-state index in [1.54, 1.807) is 13.8 Å². The van der Waals surface area contributed by atoms with Gasteiger partial charge in [-0.05, 0) is 49.9 Å². The Morgan fingerprint density at radius 2 is 2.14 bits per heavy atom. The maximum absolute atomic E-state index is 12.3. The van der Waals surface area contributed by atoms with Crippen LogP contribution in [0.5, 0.6) is 0 Å². The summed E-state index contributed by atoms with van der Waals surface area (Å²) in [4.78, 5) is 15.0. The zero-order valence-electron chi connectivity index (χ0n) is 13.0. The molecule has 1 rings (SSSR count). The van der Waals surface area contributed by atoms with Gasteiger partial charge in [-0.25, -0.2) is 4.79 Å². The Bertz CT molecular complexity index is 553. The fourth-order valence-electron chi connectivity index (χ4n) is 2.02. The highest BCUT2D eigenvalue weighted by Gasteiger charge is 2.36. The molecule has 0 aromatic heterocycles. The van der Waals surface area contributed by atoms with Gasteiger partial charge in [-0.1, -0.05) is 23.3 Å². The SMILES string of the molecule is CCOC(=O)C(C)(NCCN=[N+]=[N-])c1ccc(C)c(C)c1. The molecule has 21 heavy (non-hydrogen) atoms. The number of nitrogens with zero attached hydrogens (tertiary/aromatic N) is 3. The lowest BCUT2D eigenvalue weighted by atomic mass is 9.89. The maximum atomic E-state index is 12.3. The molecule has 1 unspecified atom stereocenters. The van der Waals surface area contributed by atoms with Crippen molar-refractivity contribution in [3.63, 3.8) is 0 Å². The van der Waals surface area contributed by atoms with Crippen molar-refractivity contribution in [1.29, 1.82) is 0 Å². The predicted molar refractivity (Wildman–Crippen MR) is 81.9 cm³/mol. The largest absolute Gasteiger partial charge is 0.464 e. The van der Waals surface area contributed by atoms with E-state index in [1.807, 2.05) is 32.0 Å². The van der Waals surface area contributed by atoms with Crippen LogP contribution in [-0.4, -0.2) is 25.7 Å². The van der Waals surface area contributed by atoms with Crippen molar-refractivity contribution in [2.75, 3.05) is 19.7 Å². The molecule has 0 aliphatic carbocycles. The van der Waals surface area contributed by atoms with Gasteiger partial charge in [0.2, 0.25) is 0 Å². The molecule has 0 bridgehead atoms. The summed E-state index contributed by atoms with van der Waals surface area (Å²) >= 11 is 0. The molecule has 0 fully saturated rings. The molecule has 1 atom stereocenters. The topological polar surface area (TPSA) is 87.1 Å². The van der Waals surface area contributed by atoms with Crippen molar-refractivity contribution in [1.82, 2.24) is 5.32 Å². The van der Waals surface area contributed by atoms with E-state index >= 15 is 0 Å². The van der Waals surface area contributed by atoms with Crippen LogP contribution in [0.3, 0.4) is 0 Å². The van der Waals surface area contributed by atoms with E-state index in [2.05, 4.69) is 15.3 Å². The van der Waals surface area contributed by atoms with E-state index in [4.69, 9.17) is 10.3 Å². The number of aryl methyl sites for hydroxylation is 2. The molecular formula is C15H22N4O2. The first-order valence-corrected chi connectivity index (χ1v) is 6.96. The summed E-state index contributed by atoms with van der Waals surface area (Å²) < 4.78 is 5.18. The van der Waals surface area contributed by atoms with Crippen molar-refractivity contribution in [2.24, 2.45) is 5.11 Å². The summed E-state index contributed by atoms with van der Waals surface area (Å²) in [5.74, 6) is -0.339. The minimum absolute atomic E-state index is 0.274. The van der Waals surface area contributed by atoms with Crippen molar-refractivity contribution < 1.29 is 9.53 Å². The first kappa shape index (κ1) is 17.0. The third-order valence-electron chi connectivity index (χ3n) is 3.52. The Labute approximate surface area is 125 Å². The second-order valence-corrected chi connectivity index (χ2v) is 5.03. The molecule has 0 saturated heterocycles. The molecule has 1 aromatic carbocycles. The highest BCUT2D eigenvalue weighted by Crippen LogP contribution is 2.24. The van der Waals surface area contributed by atoms with Crippen molar-refractivity contribution >= 4 is 5.97 Å². The Kier molecular flexibility index (Phi) is 6.21. The monoisotopic (exact) mass is 290 g/mol. The molecular weight excluding hydrogens is 268 g/mol. The first-order chi connectivity index (χ1) is 9.95. The van der Waals surface area contributed by atoms with Crippen LogP contribution in [0.25, 0.3) is 10.4 Å². The van der Waals surface area contributed by atoms with E-state index < -0.39 is 5.54 Å². The maximum Gasteiger partial charge on any atom is 0.330 e. The van der Waals surface area contributed by atoms with E-state index in [0.29, 0.717) is 13.2 Å². The number of esters is 1. The van der Waals surface area contributed by atoms with Gasteiger partial charge in [0.15, 0.2) is 0 Å². The second kappa shape index (κ2) is 7.67. The lowest BCUT2D eigenvalue weighted by Gasteiger charge is -2.29. The van der Waals surface area contributed by atoms with Crippen LogP contribution >= 0.6 is 0 Å². The Hall–Kier alpha value is -2.04. The number of benzene rings is 1. The van der Waals surface area contributed by atoms with Gasteiger partial charge in [0, 0.05) is 18.0 Å². The molecule has 0 amide bonds. The van der Waals surface area contributed by atoms with E-state index in [0.717, 1.165) is 11.1 Å². The van der Waals surface area contributed by atoms with Gasteiger partial charge < -0.3 is 4.74 Å². The van der Waals surface area contributed by atoms with E-state index in [1.165, 1.54) is 5.56 Å². The molecule has 114 valence electrons. The normalized spacial score (nSPS) is 13.1. The van der Waals surface area contributed by atoms with Crippen molar-refractivity contribution in [3.05, 3.63) is 45.3 Å². The van der Waals surface area contributed by atoms with Crippen LogP contribution in [0.2, 0.25) is 0 Å². The highest BCUT2D eigenvalue weighted by molar-refractivity contribution is 5.82. The van der Waals surface area contributed by atoms with E-state index in [9.17, 15) is 4.79 Å². The van der Waals surface area contributed by atoms with Crippen molar-refractivity contribution in [3.8, 4) is 0 Å². The zero-order chi connectivity index (χ0) is 15.9. The summed E-state index contributed by atoms with van der Waals surface area (Å²) in [5.41, 5.74) is 10.5. The van der Waals surface area contributed by atoms with Crippen molar-refractivity contribution in [2.45, 2.75) is 33.2 Å². The quantitative estimate of drug-likeness (QED) is 0.275. The molecule has 0 saturated carbocycles. The molecule has 0 aliphatic rings. The van der Waals surface area contributed by atoms with Crippen LogP contribution in [0.15, 0.2) is 23.3 Å². The minimum Gasteiger partial charge on any atom is -0.464 e. The summed E-state index contributed by atoms with van der Waals surface area (Å²) in [7, 11) is 0. The Morgan fingerprint density at radius 1 is 1.43 bits per heavy atom. The highest BCUT2D eigenvalue weighted by atomic mass is 16.5. The van der Waals surface area contributed by atoms with Crippen LogP contribution in [0, 0.1) is 13.8 Å². The van der Waals surface area contributed by atoms with Gasteiger partial charge in [0.1, 0.15) is 5.54 Å². The van der Waals surface area contributed by atoms with E-state index in [-0.39, 0.29) is 12.5 Å². The van der Waals surface area contributed by atoms with Gasteiger partial charge in [-0.3, -0.25) is 5.32 Å². The summed E-state index contributed by atoms with van der Waals surface area (Å²) in [6.07, 6.45) is 0. The lowest BCUT2D eigenvalue weighted by molar-refractivity contribution is -0.151. The van der Waals surface area contributed by atoms with Gasteiger partial charge in [-0.15, -0.1) is 0 Å². The van der Waals surface area contributed by atoms with Gasteiger partial charge in [-0.2, -0.15) is 0 Å². The van der Waals surface area contributed by atoms with Crippen LogP contribution in [0.4, 0.5) is 0 Å². The smallest absolute Gasteiger partial charge is 0.330 e. The first-order valence-electron chi connectivity index (χ1n) is 6.96. The van der Waals surface area contributed by atoms with Crippen LogP contribution in [-0.2, 0) is 15.1 Å². The number of hydrogen-bond acceptors (Lipinski definition) is 4. The van der Waals surface area contributed by atoms with Gasteiger partial charge in [0.05, 0.1) is 6.61 Å². The third kappa shape index (κ3) is 4.21. The molecule has 6 heteroatoms. The number of carbonyl (C=O) groups is 1. The number of nitrogens with one attached hydrogen (secondary N) is 1. The number of ether oxygens (including phenoxy) is 1. The predicted octanol–water partition coefficient (Wildman–Crippen LogP) is 2.98. The van der Waals surface area contributed by atoms with Gasteiger partial charge in [0.25, 0.3) is 0 Å². The average molecular weight is 290 g/mol. The molecule has 6 nitrogen and oxygen atoms in total. The van der Waals surface area contributed by atoms with Crippen LogP contribution < -0.4 is 5.32 Å². The number of rotatable bonds is 7. The molecule has 1 aromatic rings. The molecule has 0 heterocycles. The second-order valence-electron chi connectivity index (χ2n) is 5.03. The molecule has 1 N–H and O–H groups in total. The molecule has 0 radical (unpaired) electrons. The fourth-order valence-corrected chi connectivity index (χ4v) is 2.02. The summed E-state index contributed by atoms with van der Waals surface area (Å²) in [5, 5.41) is 6.61. The fraction of sp³-hybridized carbons (Fsp3) is 0.533. The zero-order valence-corrected chi connectivity index (χ0v) is 13.0.